The minimum Gasteiger partial charge on any atom is -0.308 e. The molecule has 2 aromatic carbocycles. The van der Waals surface area contributed by atoms with Crippen LogP contribution in [0.25, 0.3) is 0 Å². The van der Waals surface area contributed by atoms with Gasteiger partial charge < -0.3 is 4.90 Å². The monoisotopic (exact) mass is 506 g/mol. The van der Waals surface area contributed by atoms with Gasteiger partial charge in [0.1, 0.15) is 0 Å². The second kappa shape index (κ2) is 10.5. The molecule has 0 aromatic heterocycles. The average molecular weight is 507 g/mol. The molecule has 0 atom stereocenters. The summed E-state index contributed by atoms with van der Waals surface area (Å²) in [6, 6.07) is 10.0. The van der Waals surface area contributed by atoms with Gasteiger partial charge in [-0.3, -0.25) is 9.10 Å². The third kappa shape index (κ3) is 5.81. The van der Waals surface area contributed by atoms with Crippen molar-refractivity contribution < 1.29 is 21.6 Å². The van der Waals surface area contributed by atoms with Crippen LogP contribution in [0.15, 0.2) is 41.3 Å². The first-order valence-electron chi connectivity index (χ1n) is 11.7. The maximum atomic E-state index is 13.5. The Morgan fingerprint density at radius 3 is 2.38 bits per heavy atom. The fourth-order valence-corrected chi connectivity index (χ4v) is 6.15. The number of unbranched alkanes of at least 4 members (excludes halogenated alkanes) is 4. The van der Waals surface area contributed by atoms with Crippen LogP contribution in [-0.4, -0.2) is 48.3 Å². The molecule has 0 aliphatic carbocycles. The fraction of sp³-hybridized carbons (Fsp3) is 0.480. The van der Waals surface area contributed by atoms with Crippen LogP contribution in [0.1, 0.15) is 60.5 Å². The van der Waals surface area contributed by atoms with Crippen molar-refractivity contribution in [3.05, 3.63) is 53.1 Å². The molecule has 0 fully saturated rings. The third-order valence-corrected chi connectivity index (χ3v) is 9.28. The largest absolute Gasteiger partial charge is 0.308 e. The first kappa shape index (κ1) is 26.2. The summed E-state index contributed by atoms with van der Waals surface area (Å²) in [7, 11) is -5.50. The van der Waals surface area contributed by atoms with Gasteiger partial charge in [0.15, 0.2) is 9.84 Å². The molecule has 0 N–H and O–H groups in total. The second-order valence-electron chi connectivity index (χ2n) is 8.98. The Bertz CT molecular complexity index is 1270. The van der Waals surface area contributed by atoms with E-state index in [1.54, 1.807) is 41.3 Å². The number of nitrogens with zero attached hydrogens (tertiary/aromatic N) is 2. The van der Waals surface area contributed by atoms with Gasteiger partial charge in [0.25, 0.3) is 5.91 Å². The van der Waals surface area contributed by atoms with Crippen LogP contribution in [0.3, 0.4) is 0 Å². The normalized spacial score (nSPS) is 13.7. The lowest BCUT2D eigenvalue weighted by molar-refractivity contribution is 0.0990. The van der Waals surface area contributed by atoms with Gasteiger partial charge in [0, 0.05) is 19.3 Å². The lowest BCUT2D eigenvalue weighted by atomic mass is 10.1. The maximum Gasteiger partial charge on any atom is 0.260 e. The highest BCUT2D eigenvalue weighted by Gasteiger charge is 2.30. The number of benzene rings is 2. The summed E-state index contributed by atoms with van der Waals surface area (Å²) < 4.78 is 51.0. The zero-order valence-electron chi connectivity index (χ0n) is 20.4. The van der Waals surface area contributed by atoms with Crippen molar-refractivity contribution in [1.29, 1.82) is 0 Å². The molecular weight excluding hydrogens is 472 g/mol. The molecule has 1 heterocycles. The summed E-state index contributed by atoms with van der Waals surface area (Å²) in [5, 5.41) is 0. The summed E-state index contributed by atoms with van der Waals surface area (Å²) in [6.07, 6.45) is 6.46. The molecule has 186 valence electrons. The molecule has 0 saturated heterocycles. The molecule has 1 amide bonds. The van der Waals surface area contributed by atoms with Gasteiger partial charge in [-0.15, -0.1) is 0 Å². The van der Waals surface area contributed by atoms with E-state index < -0.39 is 19.9 Å². The molecule has 0 spiro atoms. The molecule has 3 rings (SSSR count). The molecule has 34 heavy (non-hydrogen) atoms. The third-order valence-electron chi connectivity index (χ3n) is 6.29. The van der Waals surface area contributed by atoms with Crippen LogP contribution in [0.4, 0.5) is 11.4 Å². The molecule has 0 radical (unpaired) electrons. The number of rotatable bonds is 10. The van der Waals surface area contributed by atoms with E-state index in [4.69, 9.17) is 0 Å². The number of fused-ring (bicyclic) bond motifs is 1. The Morgan fingerprint density at radius 1 is 1.00 bits per heavy atom. The lowest BCUT2D eigenvalue weighted by Gasteiger charge is -2.24. The van der Waals surface area contributed by atoms with Gasteiger partial charge in [0.2, 0.25) is 10.0 Å². The zero-order chi connectivity index (χ0) is 25.1. The van der Waals surface area contributed by atoms with Crippen LogP contribution < -0.4 is 9.21 Å². The first-order chi connectivity index (χ1) is 16.0. The SMILES string of the molecule is CCCCCCCS(=O)(=O)c1ccc2c(c1)CCN2C(=O)c1cc(C)ccc1N(C)S(C)(=O)=O. The highest BCUT2D eigenvalue weighted by molar-refractivity contribution is 7.92. The summed E-state index contributed by atoms with van der Waals surface area (Å²) in [5.41, 5.74) is 2.93. The smallest absolute Gasteiger partial charge is 0.260 e. The summed E-state index contributed by atoms with van der Waals surface area (Å²) in [5.74, 6) is -0.178. The van der Waals surface area contributed by atoms with E-state index in [0.717, 1.165) is 47.4 Å². The number of anilines is 2. The van der Waals surface area contributed by atoms with Crippen molar-refractivity contribution in [2.24, 2.45) is 0 Å². The van der Waals surface area contributed by atoms with E-state index in [1.165, 1.54) is 7.05 Å². The standard InChI is InChI=1S/C25H34N2O5S2/c1-5-6-7-8-9-16-34(31,32)21-11-13-23-20(18-21)14-15-27(23)25(28)22-17-19(2)10-12-24(22)26(3)33(4,29)30/h10-13,17-18H,5-9,14-16H2,1-4H3. The fourth-order valence-electron chi connectivity index (χ4n) is 4.22. The van der Waals surface area contributed by atoms with Crippen LogP contribution >= 0.6 is 0 Å². The van der Waals surface area contributed by atoms with Gasteiger partial charge >= 0.3 is 0 Å². The molecule has 0 bridgehead atoms. The molecule has 7 nitrogen and oxygen atoms in total. The second-order valence-corrected chi connectivity index (χ2v) is 13.1. The minimum atomic E-state index is -3.55. The number of sulfone groups is 1. The average Bonchev–Trinajstić information content (AvgIpc) is 3.20. The molecular formula is C25H34N2O5S2. The number of hydrogen-bond acceptors (Lipinski definition) is 5. The van der Waals surface area contributed by atoms with Gasteiger partial charge in [-0.1, -0.05) is 44.2 Å². The summed E-state index contributed by atoms with van der Waals surface area (Å²) >= 11 is 0. The maximum absolute atomic E-state index is 13.5. The van der Waals surface area contributed by atoms with E-state index in [-0.39, 0.29) is 11.7 Å². The Balaban J connectivity index is 1.85. The van der Waals surface area contributed by atoms with E-state index >= 15 is 0 Å². The predicted molar refractivity (Wildman–Crippen MR) is 137 cm³/mol. The summed E-state index contributed by atoms with van der Waals surface area (Å²) in [4.78, 5) is 15.4. The number of carbonyl (C=O) groups excluding carboxylic acids is 1. The Labute approximate surface area is 203 Å². The van der Waals surface area contributed by atoms with E-state index in [2.05, 4.69) is 6.92 Å². The number of carbonyl (C=O) groups is 1. The van der Waals surface area contributed by atoms with Crippen molar-refractivity contribution in [3.63, 3.8) is 0 Å². The number of hydrogen-bond donors (Lipinski definition) is 0. The van der Waals surface area contributed by atoms with Gasteiger partial charge in [-0.25, -0.2) is 16.8 Å². The molecule has 2 aromatic rings. The van der Waals surface area contributed by atoms with Crippen LogP contribution in [-0.2, 0) is 26.3 Å². The number of aryl methyl sites for hydroxylation is 1. The van der Waals surface area contributed by atoms with Gasteiger partial charge in [-0.2, -0.15) is 0 Å². The molecule has 0 saturated carbocycles. The van der Waals surface area contributed by atoms with Crippen molar-refractivity contribution in [1.82, 2.24) is 0 Å². The molecule has 1 aliphatic heterocycles. The Morgan fingerprint density at radius 2 is 1.71 bits per heavy atom. The predicted octanol–water partition coefficient (Wildman–Crippen LogP) is 4.34. The highest BCUT2D eigenvalue weighted by atomic mass is 32.2. The quantitative estimate of drug-likeness (QED) is 0.447. The topological polar surface area (TPSA) is 91.8 Å². The first-order valence-corrected chi connectivity index (χ1v) is 15.2. The van der Waals surface area contributed by atoms with Crippen LogP contribution in [0.5, 0.6) is 0 Å². The van der Waals surface area contributed by atoms with Crippen LogP contribution in [0, 0.1) is 6.92 Å². The van der Waals surface area contributed by atoms with Crippen molar-refractivity contribution in [2.75, 3.05) is 34.8 Å². The molecule has 9 heteroatoms. The van der Waals surface area contributed by atoms with Gasteiger partial charge in [-0.05, 0) is 55.7 Å². The van der Waals surface area contributed by atoms with Crippen molar-refractivity contribution in [3.8, 4) is 0 Å². The molecule has 0 unspecified atom stereocenters. The lowest BCUT2D eigenvalue weighted by Crippen LogP contribution is -2.32. The van der Waals surface area contributed by atoms with Crippen molar-refractivity contribution in [2.45, 2.75) is 57.3 Å². The van der Waals surface area contributed by atoms with Gasteiger partial charge in [0.05, 0.1) is 28.2 Å². The van der Waals surface area contributed by atoms with E-state index in [9.17, 15) is 21.6 Å². The Hall–Kier alpha value is -2.39. The summed E-state index contributed by atoms with van der Waals surface area (Å²) in [6.45, 7) is 4.38. The highest BCUT2D eigenvalue weighted by Crippen LogP contribution is 2.34. The zero-order valence-corrected chi connectivity index (χ0v) is 22.0. The Kier molecular flexibility index (Phi) is 8.08. The van der Waals surface area contributed by atoms with Crippen molar-refractivity contribution >= 4 is 37.1 Å². The minimum absolute atomic E-state index is 0.128. The number of sulfonamides is 1. The van der Waals surface area contributed by atoms with E-state index in [0.29, 0.717) is 41.2 Å². The van der Waals surface area contributed by atoms with Crippen LogP contribution in [0.2, 0.25) is 0 Å². The molecule has 1 aliphatic rings. The number of amides is 1. The van der Waals surface area contributed by atoms with E-state index in [1.807, 2.05) is 6.92 Å².